The highest BCUT2D eigenvalue weighted by Crippen LogP contribution is 2.24. The first-order valence-corrected chi connectivity index (χ1v) is 10.7. The van der Waals surface area contributed by atoms with Crippen LogP contribution in [0.1, 0.15) is 21.5 Å². The van der Waals surface area contributed by atoms with E-state index in [-0.39, 0.29) is 17.1 Å². The SMILES string of the molecule is [C-]#[N+]c1ccc(CC(=O)c2cccc(S(=O)(=O)N(C)c3ccc(CN)cc3)c2)cc1. The lowest BCUT2D eigenvalue weighted by atomic mass is 10.0. The number of Topliss-reactive ketones (excluding diaryl/α,β-unsaturated/α-hetero) is 1. The quantitative estimate of drug-likeness (QED) is 0.464. The molecule has 0 spiro atoms. The molecule has 0 bridgehead atoms. The molecule has 0 fully saturated rings. The Morgan fingerprint density at radius 2 is 1.63 bits per heavy atom. The molecule has 0 heterocycles. The number of nitrogens with two attached hydrogens (primary N) is 1. The van der Waals surface area contributed by atoms with Gasteiger partial charge in [-0.15, -0.1) is 0 Å². The van der Waals surface area contributed by atoms with Gasteiger partial charge in [-0.3, -0.25) is 9.10 Å². The van der Waals surface area contributed by atoms with E-state index in [9.17, 15) is 13.2 Å². The Labute approximate surface area is 176 Å². The van der Waals surface area contributed by atoms with Gasteiger partial charge in [0.15, 0.2) is 11.5 Å². The monoisotopic (exact) mass is 419 g/mol. The maximum atomic E-state index is 13.1. The van der Waals surface area contributed by atoms with Crippen LogP contribution in [0.2, 0.25) is 0 Å². The smallest absolute Gasteiger partial charge is 0.264 e. The lowest BCUT2D eigenvalue weighted by Crippen LogP contribution is -2.26. The van der Waals surface area contributed by atoms with Crippen molar-refractivity contribution < 1.29 is 13.2 Å². The van der Waals surface area contributed by atoms with Gasteiger partial charge in [-0.05, 0) is 35.4 Å². The Morgan fingerprint density at radius 3 is 2.23 bits per heavy atom. The molecule has 6 nitrogen and oxygen atoms in total. The molecule has 2 N–H and O–H groups in total. The molecule has 0 saturated carbocycles. The highest BCUT2D eigenvalue weighted by Gasteiger charge is 2.22. The highest BCUT2D eigenvalue weighted by molar-refractivity contribution is 7.92. The van der Waals surface area contributed by atoms with E-state index in [1.165, 1.54) is 23.5 Å². The second kappa shape index (κ2) is 8.91. The van der Waals surface area contributed by atoms with Gasteiger partial charge in [0.1, 0.15) is 0 Å². The molecule has 0 aromatic heterocycles. The summed E-state index contributed by atoms with van der Waals surface area (Å²) >= 11 is 0. The molecule has 0 atom stereocenters. The molecule has 152 valence electrons. The normalized spacial score (nSPS) is 11.0. The van der Waals surface area contributed by atoms with Crippen molar-refractivity contribution in [2.24, 2.45) is 5.73 Å². The summed E-state index contributed by atoms with van der Waals surface area (Å²) in [6, 6.07) is 19.7. The number of nitrogens with zero attached hydrogens (tertiary/aromatic N) is 2. The number of hydrogen-bond donors (Lipinski definition) is 1. The summed E-state index contributed by atoms with van der Waals surface area (Å²) < 4.78 is 27.3. The summed E-state index contributed by atoms with van der Waals surface area (Å²) in [6.45, 7) is 7.36. The van der Waals surface area contributed by atoms with Crippen molar-refractivity contribution in [3.8, 4) is 0 Å². The van der Waals surface area contributed by atoms with Crippen molar-refractivity contribution in [1.82, 2.24) is 0 Å². The lowest BCUT2D eigenvalue weighted by Gasteiger charge is -2.20. The number of carbonyl (C=O) groups is 1. The summed E-state index contributed by atoms with van der Waals surface area (Å²) in [5, 5.41) is 0. The van der Waals surface area contributed by atoms with E-state index in [1.807, 2.05) is 0 Å². The van der Waals surface area contributed by atoms with Crippen molar-refractivity contribution in [3.05, 3.63) is 101 Å². The molecule has 30 heavy (non-hydrogen) atoms. The maximum Gasteiger partial charge on any atom is 0.264 e. The van der Waals surface area contributed by atoms with E-state index in [1.54, 1.807) is 60.7 Å². The van der Waals surface area contributed by atoms with Crippen molar-refractivity contribution >= 4 is 27.2 Å². The van der Waals surface area contributed by atoms with E-state index in [4.69, 9.17) is 12.3 Å². The first kappa shape index (κ1) is 21.2. The summed E-state index contributed by atoms with van der Waals surface area (Å²) in [6.07, 6.45) is 0.123. The van der Waals surface area contributed by atoms with Gasteiger partial charge in [-0.2, -0.15) is 0 Å². The fraction of sp³-hybridized carbons (Fsp3) is 0.130. The number of benzene rings is 3. The molecule has 3 aromatic rings. The van der Waals surface area contributed by atoms with Crippen molar-refractivity contribution in [1.29, 1.82) is 0 Å². The predicted molar refractivity (Wildman–Crippen MR) is 117 cm³/mol. The molecule has 0 saturated heterocycles. The van der Waals surface area contributed by atoms with Crippen LogP contribution in [0.4, 0.5) is 11.4 Å². The molecule has 0 unspecified atom stereocenters. The molecular weight excluding hydrogens is 398 g/mol. The predicted octanol–water partition coefficient (Wildman–Crippen LogP) is 3.95. The standard InChI is InChI=1S/C23H21N3O3S/c1-25-20-10-6-17(7-11-20)14-23(27)19-4-3-5-22(15-19)30(28,29)26(2)21-12-8-18(16-24)9-13-21/h3-13,15H,14,16,24H2,2H3. The zero-order chi connectivity index (χ0) is 21.7. The average molecular weight is 420 g/mol. The highest BCUT2D eigenvalue weighted by atomic mass is 32.2. The number of anilines is 1. The molecule has 0 aliphatic rings. The number of hydrogen-bond acceptors (Lipinski definition) is 4. The fourth-order valence-corrected chi connectivity index (χ4v) is 4.19. The molecule has 0 radical (unpaired) electrons. The summed E-state index contributed by atoms with van der Waals surface area (Å²) in [4.78, 5) is 16.0. The van der Waals surface area contributed by atoms with E-state index in [0.717, 1.165) is 11.1 Å². The number of carbonyl (C=O) groups excluding carboxylic acids is 1. The summed E-state index contributed by atoms with van der Waals surface area (Å²) in [5.41, 5.74) is 8.58. The Morgan fingerprint density at radius 1 is 1.00 bits per heavy atom. The Bertz CT molecular complexity index is 1200. The second-order valence-electron chi connectivity index (χ2n) is 6.75. The third-order valence-electron chi connectivity index (χ3n) is 4.78. The van der Waals surface area contributed by atoms with Gasteiger partial charge in [-0.25, -0.2) is 13.3 Å². The Kier molecular flexibility index (Phi) is 6.31. The zero-order valence-corrected chi connectivity index (χ0v) is 17.3. The van der Waals surface area contributed by atoms with E-state index < -0.39 is 10.0 Å². The van der Waals surface area contributed by atoms with Crippen LogP contribution in [0.5, 0.6) is 0 Å². The average Bonchev–Trinajstić information content (AvgIpc) is 2.79. The molecule has 7 heteroatoms. The van der Waals surface area contributed by atoms with Crippen molar-refractivity contribution in [2.45, 2.75) is 17.9 Å². The Balaban J connectivity index is 1.83. The molecule has 0 aliphatic carbocycles. The number of rotatable bonds is 7. The van der Waals surface area contributed by atoms with Crippen LogP contribution in [-0.4, -0.2) is 21.2 Å². The molecule has 3 rings (SSSR count). The van der Waals surface area contributed by atoms with Crippen molar-refractivity contribution in [2.75, 3.05) is 11.4 Å². The zero-order valence-electron chi connectivity index (χ0n) is 16.4. The van der Waals surface area contributed by atoms with Gasteiger partial charge >= 0.3 is 0 Å². The minimum absolute atomic E-state index is 0.0436. The van der Waals surface area contributed by atoms with Gasteiger partial charge in [0.05, 0.1) is 17.2 Å². The van der Waals surface area contributed by atoms with Gasteiger partial charge < -0.3 is 5.73 Å². The van der Waals surface area contributed by atoms with Gasteiger partial charge in [-0.1, -0.05) is 48.5 Å². The first-order chi connectivity index (χ1) is 14.3. The van der Waals surface area contributed by atoms with E-state index >= 15 is 0 Å². The third-order valence-corrected chi connectivity index (χ3v) is 6.56. The Hall–Kier alpha value is -3.47. The lowest BCUT2D eigenvalue weighted by molar-refractivity contribution is 0.0993. The van der Waals surface area contributed by atoms with E-state index in [0.29, 0.717) is 23.5 Å². The summed E-state index contributed by atoms with van der Waals surface area (Å²) in [5.74, 6) is -0.197. The van der Waals surface area contributed by atoms with Crippen LogP contribution in [0.3, 0.4) is 0 Å². The molecule has 0 amide bonds. The number of sulfonamides is 1. The van der Waals surface area contributed by atoms with Crippen LogP contribution >= 0.6 is 0 Å². The molecule has 0 aliphatic heterocycles. The van der Waals surface area contributed by atoms with Gasteiger partial charge in [0.2, 0.25) is 0 Å². The van der Waals surface area contributed by atoms with Crippen LogP contribution in [0.25, 0.3) is 4.85 Å². The van der Waals surface area contributed by atoms with Crippen LogP contribution in [-0.2, 0) is 23.0 Å². The number of ketones is 1. The second-order valence-corrected chi connectivity index (χ2v) is 8.72. The van der Waals surface area contributed by atoms with Crippen LogP contribution in [0.15, 0.2) is 77.7 Å². The van der Waals surface area contributed by atoms with Crippen LogP contribution < -0.4 is 10.0 Å². The maximum absolute atomic E-state index is 13.1. The van der Waals surface area contributed by atoms with E-state index in [2.05, 4.69) is 4.85 Å². The topological polar surface area (TPSA) is 84.8 Å². The first-order valence-electron chi connectivity index (χ1n) is 9.23. The largest absolute Gasteiger partial charge is 0.326 e. The van der Waals surface area contributed by atoms with Crippen LogP contribution in [0, 0.1) is 6.57 Å². The third kappa shape index (κ3) is 4.57. The summed E-state index contributed by atoms with van der Waals surface area (Å²) in [7, 11) is -2.36. The van der Waals surface area contributed by atoms with Gasteiger partial charge in [0.25, 0.3) is 10.0 Å². The minimum atomic E-state index is -3.83. The minimum Gasteiger partial charge on any atom is -0.326 e. The van der Waals surface area contributed by atoms with Gasteiger partial charge in [0, 0.05) is 25.6 Å². The molecule has 3 aromatic carbocycles. The fourth-order valence-electron chi connectivity index (χ4n) is 2.94. The van der Waals surface area contributed by atoms with Crippen molar-refractivity contribution in [3.63, 3.8) is 0 Å². The molecular formula is C23H21N3O3S.